The molecule has 5 aliphatic rings. The van der Waals surface area contributed by atoms with Crippen LogP contribution < -0.4 is 5.32 Å². The molecule has 0 aromatic carbocycles. The molecule has 1 saturated carbocycles. The second kappa shape index (κ2) is 16.3. The average Bonchev–Trinajstić information content (AvgIpc) is 3.71. The van der Waals surface area contributed by atoms with Crippen molar-refractivity contribution in [3.63, 3.8) is 0 Å². The number of likely N-dealkylation sites (tertiary alicyclic amines) is 1. The van der Waals surface area contributed by atoms with Gasteiger partial charge in [0.25, 0.3) is 0 Å². The maximum Gasteiger partial charge on any atom is 0.408 e. The fraction of sp³-hybridized carbons (Fsp3) is 0.824. The predicted molar refractivity (Wildman–Crippen MR) is 177 cm³/mol. The number of rotatable bonds is 15. The van der Waals surface area contributed by atoms with Crippen LogP contribution in [-0.4, -0.2) is 186 Å². The van der Waals surface area contributed by atoms with Gasteiger partial charge in [-0.05, 0) is 46.5 Å². The maximum absolute atomic E-state index is 14.1. The van der Waals surface area contributed by atoms with Crippen LogP contribution in [0.1, 0.15) is 46.5 Å². The summed E-state index contributed by atoms with van der Waals surface area (Å²) in [6.07, 6.45) is -11.6. The Morgan fingerprint density at radius 3 is 2.02 bits per heavy atom. The molecule has 20 heteroatoms. The Morgan fingerprint density at radius 1 is 0.870 bits per heavy atom. The molecule has 4 heterocycles. The van der Waals surface area contributed by atoms with Crippen molar-refractivity contribution < 1.29 is 88.8 Å². The van der Waals surface area contributed by atoms with E-state index in [1.807, 2.05) is 0 Å². The molecule has 3 saturated heterocycles. The van der Waals surface area contributed by atoms with Gasteiger partial charge in [-0.3, -0.25) is 14.5 Å². The number of nitrogens with zero attached hydrogens (tertiary/aromatic N) is 1. The lowest BCUT2D eigenvalue weighted by Gasteiger charge is -2.41. The van der Waals surface area contributed by atoms with Crippen LogP contribution in [0, 0.1) is 17.8 Å². The van der Waals surface area contributed by atoms with Crippen molar-refractivity contribution in [1.82, 2.24) is 10.2 Å². The number of amides is 3. The van der Waals surface area contributed by atoms with Crippen LogP contribution in [0.15, 0.2) is 12.2 Å². The Labute approximate surface area is 310 Å². The van der Waals surface area contributed by atoms with Crippen molar-refractivity contribution in [1.29, 1.82) is 0 Å². The van der Waals surface area contributed by atoms with Crippen LogP contribution >= 0.6 is 0 Å². The lowest BCUT2D eigenvalue weighted by Crippen LogP contribution is -2.60. The van der Waals surface area contributed by atoms with E-state index in [1.165, 1.54) is 12.2 Å². The summed E-state index contributed by atoms with van der Waals surface area (Å²) < 4.78 is 28.9. The fourth-order valence-electron chi connectivity index (χ4n) is 7.91. The van der Waals surface area contributed by atoms with Crippen LogP contribution in [0.3, 0.4) is 0 Å². The van der Waals surface area contributed by atoms with Gasteiger partial charge in [0.2, 0.25) is 11.8 Å². The number of carbonyl (C=O) groups is 4. The minimum absolute atomic E-state index is 0.0456. The Kier molecular flexibility index (Phi) is 12.8. The SMILES string of the molecule is CC(C)(C)OC(=O)NC(CCCCN1C(=O)C2C(C1=O)C1(CO[C@@H]3CC(CO)[C@H](O)[C@H](O)C3O)C=CC2(CO[C@@H]2OC(CO)[C@H](O)[C@H](O)C2O)O1)C(=O)O. The third-order valence-corrected chi connectivity index (χ3v) is 10.8. The average molecular weight is 777 g/mol. The number of carboxylic acid groups (broad SMARTS) is 1. The number of hydrogen-bond donors (Lipinski definition) is 10. The van der Waals surface area contributed by atoms with E-state index in [9.17, 15) is 65.1 Å². The number of carboxylic acids is 1. The third-order valence-electron chi connectivity index (χ3n) is 10.8. The highest BCUT2D eigenvalue weighted by atomic mass is 16.7. The first-order valence-corrected chi connectivity index (χ1v) is 18.0. The van der Waals surface area contributed by atoms with E-state index in [0.29, 0.717) is 0 Å². The van der Waals surface area contributed by atoms with Gasteiger partial charge in [0.05, 0.1) is 43.9 Å². The number of alkyl carbamates (subject to hydrolysis) is 1. The molecule has 1 aliphatic carbocycles. The Balaban J connectivity index is 1.32. The topological polar surface area (TPSA) is 312 Å². The number of ether oxygens (including phenoxy) is 5. The third kappa shape index (κ3) is 8.16. The Morgan fingerprint density at radius 2 is 1.46 bits per heavy atom. The zero-order valence-corrected chi connectivity index (χ0v) is 30.2. The summed E-state index contributed by atoms with van der Waals surface area (Å²) in [5.41, 5.74) is -4.16. The number of imide groups is 1. The van der Waals surface area contributed by atoms with E-state index >= 15 is 0 Å². The number of fused-ring (bicyclic) bond motifs is 5. The van der Waals surface area contributed by atoms with E-state index in [1.54, 1.807) is 20.8 Å². The van der Waals surface area contributed by atoms with Crippen molar-refractivity contribution in [2.75, 3.05) is 33.0 Å². The van der Waals surface area contributed by atoms with Gasteiger partial charge in [-0.2, -0.15) is 0 Å². The summed E-state index contributed by atoms with van der Waals surface area (Å²) in [6.45, 7) is 2.55. The number of carbonyl (C=O) groups excluding carboxylic acids is 3. The molecule has 20 nitrogen and oxygen atoms in total. The molecule has 0 aromatic heterocycles. The summed E-state index contributed by atoms with van der Waals surface area (Å²) in [5.74, 6) is -5.88. The van der Waals surface area contributed by atoms with E-state index in [4.69, 9.17) is 23.7 Å². The van der Waals surface area contributed by atoms with Crippen molar-refractivity contribution in [3.8, 4) is 0 Å². The van der Waals surface area contributed by atoms with Crippen LogP contribution in [0.5, 0.6) is 0 Å². The molecular formula is C34H52N2O18. The summed E-state index contributed by atoms with van der Waals surface area (Å²) in [7, 11) is 0. The molecule has 54 heavy (non-hydrogen) atoms. The number of aliphatic hydroxyl groups excluding tert-OH is 8. The first kappa shape index (κ1) is 42.3. The summed E-state index contributed by atoms with van der Waals surface area (Å²) >= 11 is 0. The molecule has 4 fully saturated rings. The zero-order chi connectivity index (χ0) is 39.9. The first-order chi connectivity index (χ1) is 25.3. The van der Waals surface area contributed by atoms with Gasteiger partial charge in [0.1, 0.15) is 59.5 Å². The number of hydrogen-bond acceptors (Lipinski definition) is 17. The highest BCUT2D eigenvalue weighted by molar-refractivity contribution is 6.07. The van der Waals surface area contributed by atoms with Crippen molar-refractivity contribution in [2.24, 2.45) is 17.8 Å². The molecule has 15 atom stereocenters. The van der Waals surface area contributed by atoms with Crippen molar-refractivity contribution in [2.45, 2.75) is 124 Å². The normalized spacial score (nSPS) is 40.9. The van der Waals surface area contributed by atoms with Gasteiger partial charge in [-0.1, -0.05) is 12.2 Å². The van der Waals surface area contributed by atoms with Crippen molar-refractivity contribution >= 4 is 23.9 Å². The minimum Gasteiger partial charge on any atom is -0.480 e. The quantitative estimate of drug-likeness (QED) is 0.0432. The van der Waals surface area contributed by atoms with Gasteiger partial charge < -0.3 is 75.0 Å². The van der Waals surface area contributed by atoms with Crippen LogP contribution in [0.2, 0.25) is 0 Å². The molecule has 0 radical (unpaired) electrons. The lowest BCUT2D eigenvalue weighted by molar-refractivity contribution is -0.308. The second-order valence-electron chi connectivity index (χ2n) is 15.7. The molecule has 9 unspecified atom stereocenters. The predicted octanol–water partition coefficient (Wildman–Crippen LogP) is -3.89. The minimum atomic E-state index is -1.78. The summed E-state index contributed by atoms with van der Waals surface area (Å²) in [5, 5.41) is 93.6. The zero-order valence-electron chi connectivity index (χ0n) is 30.2. The van der Waals surface area contributed by atoms with Gasteiger partial charge in [0, 0.05) is 19.1 Å². The standard InChI is InChI=1S/C34H52N2O18/c1-32(2,3)53-31(49)35-16(29(47)48)6-4-5-9-36-27(45)19-20(28(36)46)34(14-51-30-26(44)25(43)23(41)18(12-38)52-30)8-7-33(19,54-34)13-50-17-10-15(11-37)21(39)24(42)22(17)40/h7-8,15-26,30,37-44H,4-6,9-14H2,1-3H3,(H,35,49)(H,47,48)/t15?,16?,17-,18?,19?,20?,21+,22?,23+,24+,25+,26?,30-,33?,34?/m1/s1. The molecule has 306 valence electrons. The summed E-state index contributed by atoms with van der Waals surface area (Å²) in [6, 6.07) is -1.30. The van der Waals surface area contributed by atoms with Crippen LogP contribution in [-0.2, 0) is 38.1 Å². The van der Waals surface area contributed by atoms with E-state index in [0.717, 1.165) is 4.90 Å². The van der Waals surface area contributed by atoms with Gasteiger partial charge in [-0.15, -0.1) is 0 Å². The fourth-order valence-corrected chi connectivity index (χ4v) is 7.91. The smallest absolute Gasteiger partial charge is 0.408 e. The van der Waals surface area contributed by atoms with E-state index < -0.39 is 146 Å². The number of aliphatic hydroxyl groups is 8. The molecular weight excluding hydrogens is 724 g/mol. The monoisotopic (exact) mass is 776 g/mol. The lowest BCUT2D eigenvalue weighted by atomic mass is 9.72. The van der Waals surface area contributed by atoms with Gasteiger partial charge in [-0.25, -0.2) is 9.59 Å². The van der Waals surface area contributed by atoms with E-state index in [2.05, 4.69) is 5.32 Å². The Bertz CT molecular complexity index is 1350. The number of nitrogens with one attached hydrogen (secondary N) is 1. The summed E-state index contributed by atoms with van der Waals surface area (Å²) in [4.78, 5) is 53.2. The molecule has 5 rings (SSSR count). The maximum atomic E-state index is 14.1. The first-order valence-electron chi connectivity index (χ1n) is 18.0. The van der Waals surface area contributed by atoms with Crippen molar-refractivity contribution in [3.05, 3.63) is 12.2 Å². The van der Waals surface area contributed by atoms with E-state index in [-0.39, 0.29) is 32.2 Å². The molecule has 10 N–H and O–H groups in total. The molecule has 0 aromatic rings. The van der Waals surface area contributed by atoms with Gasteiger partial charge >= 0.3 is 12.1 Å². The Hall–Kier alpha value is -2.86. The number of unbranched alkanes of at least 4 members (excludes halogenated alkanes) is 1. The molecule has 3 amide bonds. The van der Waals surface area contributed by atoms with Gasteiger partial charge in [0.15, 0.2) is 6.29 Å². The highest BCUT2D eigenvalue weighted by Crippen LogP contribution is 2.58. The van der Waals surface area contributed by atoms with Crippen LogP contribution in [0.25, 0.3) is 0 Å². The molecule has 4 aliphatic heterocycles. The molecule has 2 bridgehead atoms. The largest absolute Gasteiger partial charge is 0.480 e. The number of aliphatic carboxylic acids is 1. The highest BCUT2D eigenvalue weighted by Gasteiger charge is 2.74. The van der Waals surface area contributed by atoms with Crippen LogP contribution in [0.4, 0.5) is 4.79 Å². The molecule has 0 spiro atoms. The second-order valence-corrected chi connectivity index (χ2v) is 15.7.